The molecule has 0 aliphatic heterocycles. The molecule has 0 aromatic carbocycles. The summed E-state index contributed by atoms with van der Waals surface area (Å²) in [6.45, 7) is 0.758. The van der Waals surface area contributed by atoms with Gasteiger partial charge in [0.1, 0.15) is 5.15 Å². The Kier molecular flexibility index (Phi) is 2.08. The maximum Gasteiger partial charge on any atom is 0.150 e. The monoisotopic (exact) mass is 199 g/mol. The van der Waals surface area contributed by atoms with Crippen LogP contribution in [0.1, 0.15) is 18.5 Å². The minimum atomic E-state index is 0.331. The van der Waals surface area contributed by atoms with Crippen molar-refractivity contribution in [2.45, 2.75) is 19.3 Å². The van der Waals surface area contributed by atoms with Gasteiger partial charge in [0.25, 0.3) is 0 Å². The molecule has 0 atom stereocenters. The maximum absolute atomic E-state index is 5.96. The van der Waals surface area contributed by atoms with Gasteiger partial charge >= 0.3 is 0 Å². The lowest BCUT2D eigenvalue weighted by molar-refractivity contribution is 0.505. The predicted molar refractivity (Wildman–Crippen MR) is 52.6 cm³/mol. The average Bonchev–Trinajstić information content (AvgIpc) is 2.84. The zero-order valence-electron chi connectivity index (χ0n) is 7.76. The first-order valence-corrected chi connectivity index (χ1v) is 4.90. The average molecular weight is 200 g/mol. The number of imidazole rings is 1. The van der Waals surface area contributed by atoms with Crippen LogP contribution in [-0.2, 0) is 13.5 Å². The Morgan fingerprint density at radius 1 is 1.69 bits per heavy atom. The number of aryl methyl sites for hydroxylation is 1. The van der Waals surface area contributed by atoms with Gasteiger partial charge in [0.15, 0.2) is 0 Å². The Bertz CT molecular complexity index is 295. The van der Waals surface area contributed by atoms with Gasteiger partial charge in [-0.15, -0.1) is 0 Å². The summed E-state index contributed by atoms with van der Waals surface area (Å²) in [4.78, 5) is 4.05. The molecule has 0 bridgehead atoms. The highest BCUT2D eigenvalue weighted by Gasteiger charge is 2.42. The summed E-state index contributed by atoms with van der Waals surface area (Å²) in [5.74, 6) is 0. The van der Waals surface area contributed by atoms with Crippen molar-refractivity contribution >= 4 is 11.6 Å². The third-order valence-electron chi connectivity index (χ3n) is 2.94. The van der Waals surface area contributed by atoms with Gasteiger partial charge in [-0.2, -0.15) is 0 Å². The number of nitrogens with two attached hydrogens (primary N) is 1. The molecule has 0 unspecified atom stereocenters. The highest BCUT2D eigenvalue weighted by atomic mass is 35.5. The van der Waals surface area contributed by atoms with Crippen molar-refractivity contribution < 1.29 is 0 Å². The van der Waals surface area contributed by atoms with E-state index < -0.39 is 0 Å². The molecule has 1 aromatic heterocycles. The first-order valence-electron chi connectivity index (χ1n) is 4.53. The largest absolute Gasteiger partial charge is 0.336 e. The second-order valence-corrected chi connectivity index (χ2v) is 4.33. The standard InChI is InChI=1S/C9H14ClN3/c1-13-6-12-8(10)7(13)4-9(5-11)2-3-9/h6H,2-5,11H2,1H3. The van der Waals surface area contributed by atoms with E-state index in [1.165, 1.54) is 12.8 Å². The molecule has 4 heteroatoms. The molecule has 1 saturated carbocycles. The van der Waals surface area contributed by atoms with Gasteiger partial charge < -0.3 is 10.3 Å². The van der Waals surface area contributed by atoms with Crippen molar-refractivity contribution in [2.24, 2.45) is 18.2 Å². The van der Waals surface area contributed by atoms with Gasteiger partial charge in [-0.25, -0.2) is 4.98 Å². The molecule has 2 N–H and O–H groups in total. The van der Waals surface area contributed by atoms with E-state index in [1.807, 2.05) is 11.6 Å². The van der Waals surface area contributed by atoms with Crippen molar-refractivity contribution in [1.82, 2.24) is 9.55 Å². The number of aromatic nitrogens is 2. The van der Waals surface area contributed by atoms with Crippen LogP contribution in [0.5, 0.6) is 0 Å². The number of hydrogen-bond acceptors (Lipinski definition) is 2. The van der Waals surface area contributed by atoms with Crippen LogP contribution in [0.4, 0.5) is 0 Å². The Morgan fingerprint density at radius 2 is 2.38 bits per heavy atom. The molecule has 0 amide bonds. The Balaban J connectivity index is 2.17. The van der Waals surface area contributed by atoms with Gasteiger partial charge in [0.2, 0.25) is 0 Å². The van der Waals surface area contributed by atoms with E-state index in [0.717, 1.165) is 18.7 Å². The van der Waals surface area contributed by atoms with Gasteiger partial charge in [-0.05, 0) is 31.2 Å². The van der Waals surface area contributed by atoms with E-state index in [-0.39, 0.29) is 0 Å². The smallest absolute Gasteiger partial charge is 0.150 e. The maximum atomic E-state index is 5.96. The van der Waals surface area contributed by atoms with E-state index in [4.69, 9.17) is 17.3 Å². The third-order valence-corrected chi connectivity index (χ3v) is 3.26. The highest BCUT2D eigenvalue weighted by Crippen LogP contribution is 2.47. The Labute approximate surface area is 82.9 Å². The first-order chi connectivity index (χ1) is 6.17. The van der Waals surface area contributed by atoms with Crippen molar-refractivity contribution in [3.05, 3.63) is 17.2 Å². The van der Waals surface area contributed by atoms with E-state index in [2.05, 4.69) is 4.98 Å². The predicted octanol–water partition coefficient (Wildman–Crippen LogP) is 1.35. The van der Waals surface area contributed by atoms with Crippen molar-refractivity contribution in [3.8, 4) is 0 Å². The lowest BCUT2D eigenvalue weighted by Crippen LogP contribution is -2.19. The molecule has 3 nitrogen and oxygen atoms in total. The van der Waals surface area contributed by atoms with Gasteiger partial charge in [0.05, 0.1) is 12.0 Å². The normalized spacial score (nSPS) is 19.0. The van der Waals surface area contributed by atoms with Gasteiger partial charge in [-0.3, -0.25) is 0 Å². The van der Waals surface area contributed by atoms with Crippen LogP contribution in [0.3, 0.4) is 0 Å². The van der Waals surface area contributed by atoms with Crippen LogP contribution >= 0.6 is 11.6 Å². The summed E-state index contributed by atoms with van der Waals surface area (Å²) < 4.78 is 1.98. The number of nitrogens with zero attached hydrogens (tertiary/aromatic N) is 2. The van der Waals surface area contributed by atoms with Crippen molar-refractivity contribution in [1.29, 1.82) is 0 Å². The Hall–Kier alpha value is -0.540. The minimum absolute atomic E-state index is 0.331. The molecular weight excluding hydrogens is 186 g/mol. The Morgan fingerprint density at radius 3 is 2.77 bits per heavy atom. The molecular formula is C9H14ClN3. The molecule has 0 saturated heterocycles. The molecule has 72 valence electrons. The van der Waals surface area contributed by atoms with Gasteiger partial charge in [-0.1, -0.05) is 11.6 Å². The van der Waals surface area contributed by atoms with Crippen LogP contribution in [0, 0.1) is 5.41 Å². The number of rotatable bonds is 3. The quantitative estimate of drug-likeness (QED) is 0.799. The third kappa shape index (κ3) is 1.58. The fraction of sp³-hybridized carbons (Fsp3) is 0.667. The summed E-state index contributed by atoms with van der Waals surface area (Å²) in [6, 6.07) is 0. The van der Waals surface area contributed by atoms with E-state index in [0.29, 0.717) is 10.6 Å². The summed E-state index contributed by atoms with van der Waals surface area (Å²) in [5, 5.41) is 0.627. The van der Waals surface area contributed by atoms with Crippen LogP contribution < -0.4 is 5.73 Å². The number of hydrogen-bond donors (Lipinski definition) is 1. The van der Waals surface area contributed by atoms with E-state index in [9.17, 15) is 0 Å². The second-order valence-electron chi connectivity index (χ2n) is 3.97. The topological polar surface area (TPSA) is 43.8 Å². The van der Waals surface area contributed by atoms with E-state index >= 15 is 0 Å². The second kappa shape index (κ2) is 3.00. The van der Waals surface area contributed by atoms with E-state index in [1.54, 1.807) is 6.33 Å². The van der Waals surface area contributed by atoms with Crippen molar-refractivity contribution in [3.63, 3.8) is 0 Å². The van der Waals surface area contributed by atoms with Crippen molar-refractivity contribution in [2.75, 3.05) is 6.54 Å². The summed E-state index contributed by atoms with van der Waals surface area (Å²) in [5.41, 5.74) is 7.16. The summed E-state index contributed by atoms with van der Waals surface area (Å²) >= 11 is 5.96. The molecule has 1 aromatic rings. The lowest BCUT2D eigenvalue weighted by Gasteiger charge is -2.12. The van der Waals surface area contributed by atoms with Crippen LogP contribution in [0.15, 0.2) is 6.33 Å². The molecule has 1 aliphatic rings. The molecule has 1 aliphatic carbocycles. The fourth-order valence-electron chi connectivity index (χ4n) is 1.61. The van der Waals surface area contributed by atoms with Crippen LogP contribution in [0.2, 0.25) is 5.15 Å². The van der Waals surface area contributed by atoms with Crippen LogP contribution in [-0.4, -0.2) is 16.1 Å². The molecule has 0 spiro atoms. The molecule has 0 radical (unpaired) electrons. The summed E-state index contributed by atoms with van der Waals surface area (Å²) in [6.07, 6.45) is 5.18. The van der Waals surface area contributed by atoms with Gasteiger partial charge in [0, 0.05) is 7.05 Å². The minimum Gasteiger partial charge on any atom is -0.336 e. The fourth-order valence-corrected chi connectivity index (χ4v) is 1.85. The molecule has 2 rings (SSSR count). The molecule has 1 fully saturated rings. The lowest BCUT2D eigenvalue weighted by atomic mass is 10.0. The zero-order valence-corrected chi connectivity index (χ0v) is 8.51. The molecule has 1 heterocycles. The molecule has 13 heavy (non-hydrogen) atoms. The highest BCUT2D eigenvalue weighted by molar-refractivity contribution is 6.30. The van der Waals surface area contributed by atoms with Crippen LogP contribution in [0.25, 0.3) is 0 Å². The summed E-state index contributed by atoms with van der Waals surface area (Å²) in [7, 11) is 1.97. The number of halogens is 1. The zero-order chi connectivity index (χ0) is 9.47. The SMILES string of the molecule is Cn1cnc(Cl)c1CC1(CN)CC1. The first kappa shape index (κ1) is 9.03.